The topological polar surface area (TPSA) is 43.2 Å². The van der Waals surface area contributed by atoms with Gasteiger partial charge in [0.2, 0.25) is 0 Å². The van der Waals surface area contributed by atoms with Crippen LogP contribution in [-0.4, -0.2) is 29.9 Å². The molecule has 0 spiro atoms. The molecule has 1 heterocycles. The van der Waals surface area contributed by atoms with Gasteiger partial charge in [0.25, 0.3) is 0 Å². The van der Waals surface area contributed by atoms with E-state index in [4.69, 9.17) is 19.3 Å². The van der Waals surface area contributed by atoms with Gasteiger partial charge in [-0.15, -0.1) is 0 Å². The van der Waals surface area contributed by atoms with Crippen molar-refractivity contribution in [1.82, 2.24) is 0 Å². The van der Waals surface area contributed by atoms with Gasteiger partial charge in [-0.05, 0) is 79.5 Å². The van der Waals surface area contributed by atoms with Crippen LogP contribution >= 0.6 is 0 Å². The van der Waals surface area contributed by atoms with Gasteiger partial charge in [0.05, 0.1) is 16.9 Å². The first kappa shape index (κ1) is 29.0. The highest BCUT2D eigenvalue weighted by molar-refractivity contribution is 6.62. The van der Waals surface area contributed by atoms with E-state index in [1.54, 1.807) is 0 Å². The molecule has 0 aromatic heterocycles. The molecule has 6 rings (SSSR count). The highest BCUT2D eigenvalue weighted by Gasteiger charge is 2.51. The predicted octanol–water partition coefficient (Wildman–Crippen LogP) is 8.22. The highest BCUT2D eigenvalue weighted by atomic mass is 16.7. The van der Waals surface area contributed by atoms with Crippen molar-refractivity contribution in [2.75, 3.05) is 0 Å². The van der Waals surface area contributed by atoms with E-state index in [2.05, 4.69) is 115 Å². The van der Waals surface area contributed by atoms with E-state index >= 15 is 0 Å². The van der Waals surface area contributed by atoms with Crippen molar-refractivity contribution in [3.63, 3.8) is 0 Å². The smallest absolute Gasteiger partial charge is 0.399 e. The maximum atomic E-state index is 6.25. The molecule has 0 bridgehead atoms. The van der Waals surface area contributed by atoms with Gasteiger partial charge in [0.15, 0.2) is 5.84 Å². The first-order valence-corrected chi connectivity index (χ1v) is 15.0. The van der Waals surface area contributed by atoms with Crippen molar-refractivity contribution < 1.29 is 9.31 Å². The van der Waals surface area contributed by atoms with E-state index < -0.39 is 7.12 Å². The largest absolute Gasteiger partial charge is 0.494 e. The van der Waals surface area contributed by atoms with Crippen molar-refractivity contribution in [1.29, 1.82) is 0 Å². The highest BCUT2D eigenvalue weighted by Crippen LogP contribution is 2.48. The number of amidine groups is 1. The van der Waals surface area contributed by atoms with Gasteiger partial charge < -0.3 is 9.31 Å². The summed E-state index contributed by atoms with van der Waals surface area (Å²) in [6, 6.07) is 33.6. The summed E-state index contributed by atoms with van der Waals surface area (Å²) in [5.74, 6) is 0.635. The summed E-state index contributed by atoms with van der Waals surface area (Å²) in [7, 11) is -0.401. The molecular formula is C38H39BN2O2. The number of rotatable bonds is 5. The van der Waals surface area contributed by atoms with Gasteiger partial charge in [-0.2, -0.15) is 0 Å². The molecule has 4 nitrogen and oxygen atoms in total. The Morgan fingerprint density at radius 2 is 1.21 bits per heavy atom. The summed E-state index contributed by atoms with van der Waals surface area (Å²) in [5.41, 5.74) is 9.76. The van der Waals surface area contributed by atoms with Gasteiger partial charge in [-0.25, -0.2) is 9.98 Å². The Bertz CT molecular complexity index is 1750. The average Bonchev–Trinajstić information content (AvgIpc) is 3.36. The van der Waals surface area contributed by atoms with Crippen molar-refractivity contribution in [2.45, 2.75) is 65.1 Å². The molecule has 4 aromatic rings. The molecule has 4 aromatic carbocycles. The fourth-order valence-electron chi connectivity index (χ4n) is 5.90. The Morgan fingerprint density at radius 3 is 1.88 bits per heavy atom. The van der Waals surface area contributed by atoms with Gasteiger partial charge in [0, 0.05) is 16.7 Å². The normalized spacial score (nSPS) is 18.3. The van der Waals surface area contributed by atoms with Gasteiger partial charge in [-0.3, -0.25) is 0 Å². The molecule has 43 heavy (non-hydrogen) atoms. The lowest BCUT2D eigenvalue weighted by Crippen LogP contribution is -2.41. The summed E-state index contributed by atoms with van der Waals surface area (Å²) in [4.78, 5) is 10.1. The Balaban J connectivity index is 1.37. The number of aliphatic imine (C=N–C) groups is 2. The molecule has 1 fully saturated rings. The zero-order valence-corrected chi connectivity index (χ0v) is 26.2. The molecule has 0 unspecified atom stereocenters. The third-order valence-corrected chi connectivity index (χ3v) is 9.32. The summed E-state index contributed by atoms with van der Waals surface area (Å²) in [5, 5.41) is 0. The SMILES string of the molecule is C=C(N=C(N=C(C)c1ccc(B2OC(C)(C)C(C)(C)O2)cc1)c1ccc2c(c1)C(C)(C)c1ccccc1-2)c1ccccc1. The minimum atomic E-state index is -0.401. The molecule has 0 radical (unpaired) electrons. The van der Waals surface area contributed by atoms with Gasteiger partial charge in [-0.1, -0.05) is 111 Å². The second-order valence-corrected chi connectivity index (χ2v) is 13.1. The van der Waals surface area contributed by atoms with Crippen LogP contribution in [0.2, 0.25) is 0 Å². The monoisotopic (exact) mass is 566 g/mol. The molecule has 1 saturated heterocycles. The van der Waals surface area contributed by atoms with E-state index in [0.717, 1.165) is 27.9 Å². The quantitative estimate of drug-likeness (QED) is 0.139. The van der Waals surface area contributed by atoms with Crippen molar-refractivity contribution in [3.8, 4) is 11.1 Å². The molecule has 216 valence electrons. The molecular weight excluding hydrogens is 527 g/mol. The molecule has 5 heteroatoms. The van der Waals surface area contributed by atoms with Gasteiger partial charge in [0.1, 0.15) is 0 Å². The third-order valence-electron chi connectivity index (χ3n) is 9.32. The average molecular weight is 567 g/mol. The van der Waals surface area contributed by atoms with E-state index in [-0.39, 0.29) is 16.6 Å². The maximum absolute atomic E-state index is 6.25. The fourth-order valence-corrected chi connectivity index (χ4v) is 5.90. The lowest BCUT2D eigenvalue weighted by molar-refractivity contribution is 0.00578. The molecule has 0 N–H and O–H groups in total. The Labute approximate surface area is 256 Å². The number of nitrogens with zero attached hydrogens (tertiary/aromatic N) is 2. The zero-order valence-electron chi connectivity index (χ0n) is 26.2. The number of benzene rings is 4. The molecule has 1 aliphatic heterocycles. The van der Waals surface area contributed by atoms with E-state index in [1.807, 2.05) is 37.3 Å². The van der Waals surface area contributed by atoms with Crippen molar-refractivity contribution in [3.05, 3.63) is 131 Å². The Kier molecular flexibility index (Phi) is 7.15. The van der Waals surface area contributed by atoms with Crippen LogP contribution in [0, 0.1) is 0 Å². The third kappa shape index (κ3) is 5.22. The summed E-state index contributed by atoms with van der Waals surface area (Å²) < 4.78 is 12.5. The standard InChI is InChI=1S/C38H39BN2O2/c1-25(27-14-10-9-11-15-27)40-35(29-20-23-32-31-16-12-13-17-33(31)36(3,4)34(32)24-29)41-26(2)28-18-21-30(22-19-28)39-42-37(5,6)38(7,8)43-39/h9-24H,1H2,2-8H3. The summed E-state index contributed by atoms with van der Waals surface area (Å²) in [6.45, 7) is 19.2. The van der Waals surface area contributed by atoms with Crippen LogP contribution in [0.4, 0.5) is 0 Å². The van der Waals surface area contributed by atoms with Crippen molar-refractivity contribution >= 4 is 29.8 Å². The number of hydrogen-bond donors (Lipinski definition) is 0. The molecule has 1 aliphatic carbocycles. The lowest BCUT2D eigenvalue weighted by Gasteiger charge is -2.32. The van der Waals surface area contributed by atoms with Crippen molar-refractivity contribution in [2.24, 2.45) is 9.98 Å². The minimum absolute atomic E-state index is 0.119. The molecule has 0 atom stereocenters. The molecule has 0 amide bonds. The molecule has 2 aliphatic rings. The van der Waals surface area contributed by atoms with E-state index in [1.165, 1.54) is 22.3 Å². The van der Waals surface area contributed by atoms with Crippen LogP contribution in [0.5, 0.6) is 0 Å². The summed E-state index contributed by atoms with van der Waals surface area (Å²) in [6.07, 6.45) is 0. The van der Waals surface area contributed by atoms with Crippen LogP contribution in [-0.2, 0) is 14.7 Å². The second kappa shape index (κ2) is 10.6. The fraction of sp³-hybridized carbons (Fsp3) is 0.263. The Morgan fingerprint density at radius 1 is 0.628 bits per heavy atom. The zero-order chi connectivity index (χ0) is 30.6. The van der Waals surface area contributed by atoms with E-state index in [0.29, 0.717) is 11.5 Å². The van der Waals surface area contributed by atoms with E-state index in [9.17, 15) is 0 Å². The Hall–Kier alpha value is -4.06. The minimum Gasteiger partial charge on any atom is -0.399 e. The van der Waals surface area contributed by atoms with Crippen LogP contribution < -0.4 is 5.46 Å². The molecule has 0 saturated carbocycles. The van der Waals surface area contributed by atoms with Gasteiger partial charge >= 0.3 is 7.12 Å². The second-order valence-electron chi connectivity index (χ2n) is 13.1. The maximum Gasteiger partial charge on any atom is 0.494 e. The lowest BCUT2D eigenvalue weighted by atomic mass is 9.78. The summed E-state index contributed by atoms with van der Waals surface area (Å²) >= 11 is 0. The van der Waals surface area contributed by atoms with Crippen LogP contribution in [0.3, 0.4) is 0 Å². The number of fused-ring (bicyclic) bond motifs is 3. The first-order chi connectivity index (χ1) is 20.4. The first-order valence-electron chi connectivity index (χ1n) is 15.0. The predicted molar refractivity (Wildman–Crippen MR) is 180 cm³/mol. The van der Waals surface area contributed by atoms with Crippen LogP contribution in [0.1, 0.15) is 76.3 Å². The van der Waals surface area contributed by atoms with Crippen LogP contribution in [0.25, 0.3) is 16.8 Å². The number of hydrogen-bond acceptors (Lipinski definition) is 3. The van der Waals surface area contributed by atoms with Crippen LogP contribution in [0.15, 0.2) is 114 Å².